The fourth-order valence-corrected chi connectivity index (χ4v) is 2.46. The van der Waals surface area contributed by atoms with E-state index in [1.807, 2.05) is 0 Å². The van der Waals surface area contributed by atoms with Crippen molar-refractivity contribution in [1.82, 2.24) is 9.78 Å². The standard InChI is InChI=1S/C12H13N3O4S/c1-7-5-8(2)15(14-7)11-4-3-9(20(13,18)19)6-10(11)12(16)17/h3-6H,1-2H3,(H,16,17)(H2,13,18,19). The number of aromatic nitrogens is 2. The van der Waals surface area contributed by atoms with E-state index in [1.165, 1.54) is 16.8 Å². The van der Waals surface area contributed by atoms with Gasteiger partial charge in [0, 0.05) is 5.69 Å². The number of sulfonamides is 1. The highest BCUT2D eigenvalue weighted by Gasteiger charge is 2.18. The van der Waals surface area contributed by atoms with E-state index in [9.17, 15) is 18.3 Å². The normalized spacial score (nSPS) is 11.6. The Morgan fingerprint density at radius 2 is 1.95 bits per heavy atom. The number of hydrogen-bond acceptors (Lipinski definition) is 4. The van der Waals surface area contributed by atoms with Crippen LogP contribution in [0.3, 0.4) is 0 Å². The summed E-state index contributed by atoms with van der Waals surface area (Å²) in [5.74, 6) is -1.25. The van der Waals surface area contributed by atoms with Gasteiger partial charge >= 0.3 is 5.97 Å². The molecule has 2 aromatic rings. The Labute approximate surface area is 115 Å². The predicted molar refractivity (Wildman–Crippen MR) is 71.4 cm³/mol. The number of nitrogens with zero attached hydrogens (tertiary/aromatic N) is 2. The molecule has 7 nitrogen and oxygen atoms in total. The molecule has 20 heavy (non-hydrogen) atoms. The molecule has 0 radical (unpaired) electrons. The van der Waals surface area contributed by atoms with Crippen LogP contribution in [-0.4, -0.2) is 29.3 Å². The van der Waals surface area contributed by atoms with E-state index in [0.717, 1.165) is 17.5 Å². The molecule has 0 saturated carbocycles. The lowest BCUT2D eigenvalue weighted by atomic mass is 10.2. The minimum Gasteiger partial charge on any atom is -0.478 e. The fourth-order valence-electron chi connectivity index (χ4n) is 1.92. The summed E-state index contributed by atoms with van der Waals surface area (Å²) >= 11 is 0. The number of nitrogens with two attached hydrogens (primary N) is 1. The highest BCUT2D eigenvalue weighted by Crippen LogP contribution is 2.20. The zero-order valence-electron chi connectivity index (χ0n) is 10.9. The average Bonchev–Trinajstić information content (AvgIpc) is 2.66. The zero-order valence-corrected chi connectivity index (χ0v) is 11.7. The van der Waals surface area contributed by atoms with Gasteiger partial charge in [0.05, 0.1) is 21.8 Å². The van der Waals surface area contributed by atoms with Crippen LogP contribution >= 0.6 is 0 Å². The number of carboxylic acid groups (broad SMARTS) is 1. The molecule has 2 rings (SSSR count). The van der Waals surface area contributed by atoms with Crippen molar-refractivity contribution in [3.05, 3.63) is 41.2 Å². The third-order valence-electron chi connectivity index (χ3n) is 2.76. The Hall–Kier alpha value is -2.19. The van der Waals surface area contributed by atoms with Crippen molar-refractivity contribution in [2.75, 3.05) is 0 Å². The molecule has 0 aliphatic rings. The summed E-state index contributed by atoms with van der Waals surface area (Å²) in [5, 5.41) is 18.4. The molecule has 0 atom stereocenters. The van der Waals surface area contributed by atoms with Crippen LogP contribution in [0.1, 0.15) is 21.7 Å². The number of carboxylic acids is 1. The Kier molecular flexibility index (Phi) is 3.36. The quantitative estimate of drug-likeness (QED) is 0.870. The van der Waals surface area contributed by atoms with E-state index in [1.54, 1.807) is 19.9 Å². The van der Waals surface area contributed by atoms with Crippen LogP contribution in [0.4, 0.5) is 0 Å². The molecule has 1 heterocycles. The Bertz CT molecular complexity index is 793. The van der Waals surface area contributed by atoms with Crippen LogP contribution in [-0.2, 0) is 10.0 Å². The second-order valence-corrected chi connectivity index (χ2v) is 5.93. The first-order chi connectivity index (χ1) is 9.20. The number of aryl methyl sites for hydroxylation is 2. The van der Waals surface area contributed by atoms with E-state index < -0.39 is 16.0 Å². The molecule has 106 valence electrons. The number of aromatic carboxylic acids is 1. The van der Waals surface area contributed by atoms with E-state index in [-0.39, 0.29) is 16.1 Å². The Morgan fingerprint density at radius 3 is 2.40 bits per heavy atom. The molecular weight excluding hydrogens is 282 g/mol. The van der Waals surface area contributed by atoms with Crippen LogP contribution in [0, 0.1) is 13.8 Å². The number of hydrogen-bond donors (Lipinski definition) is 2. The Morgan fingerprint density at radius 1 is 1.30 bits per heavy atom. The van der Waals surface area contributed by atoms with Gasteiger partial charge in [0.25, 0.3) is 0 Å². The van der Waals surface area contributed by atoms with Crippen molar-refractivity contribution < 1.29 is 18.3 Å². The molecule has 0 unspecified atom stereocenters. The highest BCUT2D eigenvalue weighted by atomic mass is 32.2. The summed E-state index contributed by atoms with van der Waals surface area (Å²) in [5.41, 5.74) is 1.58. The molecule has 3 N–H and O–H groups in total. The van der Waals surface area contributed by atoms with Crippen LogP contribution in [0.25, 0.3) is 5.69 Å². The van der Waals surface area contributed by atoms with Crippen LogP contribution in [0.2, 0.25) is 0 Å². The monoisotopic (exact) mass is 295 g/mol. The van der Waals surface area contributed by atoms with Crippen LogP contribution < -0.4 is 5.14 Å². The predicted octanol–water partition coefficient (Wildman–Crippen LogP) is 0.835. The average molecular weight is 295 g/mol. The zero-order chi connectivity index (χ0) is 15.1. The first-order valence-corrected chi connectivity index (χ1v) is 7.18. The molecular formula is C12H13N3O4S. The fraction of sp³-hybridized carbons (Fsp3) is 0.167. The van der Waals surface area contributed by atoms with Gasteiger partial charge in [-0.25, -0.2) is 23.0 Å². The van der Waals surface area contributed by atoms with E-state index >= 15 is 0 Å². The number of primary sulfonamides is 1. The lowest BCUT2D eigenvalue weighted by Gasteiger charge is -2.09. The summed E-state index contributed by atoms with van der Waals surface area (Å²) in [7, 11) is -3.96. The van der Waals surface area contributed by atoms with Gasteiger partial charge in [0.1, 0.15) is 0 Å². The van der Waals surface area contributed by atoms with Crippen molar-refractivity contribution in [3.8, 4) is 5.69 Å². The lowest BCUT2D eigenvalue weighted by Crippen LogP contribution is -2.15. The molecule has 0 aliphatic heterocycles. The number of benzene rings is 1. The van der Waals surface area contributed by atoms with Crippen molar-refractivity contribution >= 4 is 16.0 Å². The second kappa shape index (κ2) is 4.73. The summed E-state index contributed by atoms with van der Waals surface area (Å²) in [6, 6.07) is 5.46. The first-order valence-electron chi connectivity index (χ1n) is 5.64. The van der Waals surface area contributed by atoms with Gasteiger partial charge in [-0.3, -0.25) is 0 Å². The molecule has 0 saturated heterocycles. The van der Waals surface area contributed by atoms with Gasteiger partial charge in [-0.2, -0.15) is 5.10 Å². The maximum Gasteiger partial charge on any atom is 0.337 e. The number of rotatable bonds is 3. The van der Waals surface area contributed by atoms with Crippen molar-refractivity contribution in [1.29, 1.82) is 0 Å². The van der Waals surface area contributed by atoms with Crippen molar-refractivity contribution in [2.45, 2.75) is 18.7 Å². The van der Waals surface area contributed by atoms with Gasteiger partial charge in [-0.1, -0.05) is 0 Å². The van der Waals surface area contributed by atoms with E-state index in [4.69, 9.17) is 5.14 Å². The summed E-state index contributed by atoms with van der Waals surface area (Å²) in [6.45, 7) is 3.56. The molecule has 0 bridgehead atoms. The smallest absolute Gasteiger partial charge is 0.337 e. The largest absolute Gasteiger partial charge is 0.478 e. The minimum absolute atomic E-state index is 0.178. The third kappa shape index (κ3) is 2.56. The first kappa shape index (κ1) is 14.2. The second-order valence-electron chi connectivity index (χ2n) is 4.37. The van der Waals surface area contributed by atoms with Gasteiger partial charge in [-0.05, 0) is 38.1 Å². The van der Waals surface area contributed by atoms with Gasteiger partial charge in [0.15, 0.2) is 0 Å². The molecule has 1 aromatic heterocycles. The maximum atomic E-state index is 11.3. The Balaban J connectivity index is 2.72. The molecule has 0 spiro atoms. The van der Waals surface area contributed by atoms with Crippen LogP contribution in [0.15, 0.2) is 29.2 Å². The minimum atomic E-state index is -3.96. The van der Waals surface area contributed by atoms with Gasteiger partial charge in [-0.15, -0.1) is 0 Å². The molecule has 0 aliphatic carbocycles. The molecule has 0 fully saturated rings. The summed E-state index contributed by atoms with van der Waals surface area (Å²) in [6.07, 6.45) is 0. The van der Waals surface area contributed by atoms with Crippen molar-refractivity contribution in [3.63, 3.8) is 0 Å². The topological polar surface area (TPSA) is 115 Å². The molecule has 8 heteroatoms. The van der Waals surface area contributed by atoms with Crippen LogP contribution in [0.5, 0.6) is 0 Å². The summed E-state index contributed by atoms with van der Waals surface area (Å²) in [4.78, 5) is 11.1. The SMILES string of the molecule is Cc1cc(C)n(-c2ccc(S(N)(=O)=O)cc2C(=O)O)n1. The third-order valence-corrected chi connectivity index (χ3v) is 3.68. The molecule has 0 amide bonds. The maximum absolute atomic E-state index is 11.3. The van der Waals surface area contributed by atoms with E-state index in [2.05, 4.69) is 5.10 Å². The number of carbonyl (C=O) groups is 1. The highest BCUT2D eigenvalue weighted by molar-refractivity contribution is 7.89. The lowest BCUT2D eigenvalue weighted by molar-refractivity contribution is 0.0696. The summed E-state index contributed by atoms with van der Waals surface area (Å²) < 4.78 is 24.0. The van der Waals surface area contributed by atoms with E-state index in [0.29, 0.717) is 0 Å². The van der Waals surface area contributed by atoms with Crippen molar-refractivity contribution in [2.24, 2.45) is 5.14 Å². The van der Waals surface area contributed by atoms with Gasteiger partial charge < -0.3 is 5.11 Å². The molecule has 1 aromatic carbocycles. The van der Waals surface area contributed by atoms with Gasteiger partial charge in [0.2, 0.25) is 10.0 Å².